The zero-order valence-electron chi connectivity index (χ0n) is 21.9. The SMILES string of the molecule is Cc1c(C)c(C)c(-c2oc3cc(O)cc(O)c3c(=O)c2OCNCC(=O)NCC(=O)NCC=O)c(C)c1C. The maximum absolute atomic E-state index is 13.5. The number of amides is 2. The van der Waals surface area contributed by atoms with Crippen LogP contribution in [-0.4, -0.2) is 54.7 Å². The van der Waals surface area contributed by atoms with E-state index in [-0.39, 0.29) is 54.6 Å². The molecule has 0 spiro atoms. The first kappa shape index (κ1) is 28.2. The van der Waals surface area contributed by atoms with Crippen LogP contribution in [0.2, 0.25) is 0 Å². The lowest BCUT2D eigenvalue weighted by molar-refractivity contribution is -0.126. The van der Waals surface area contributed by atoms with Crippen molar-refractivity contribution >= 4 is 29.1 Å². The summed E-state index contributed by atoms with van der Waals surface area (Å²) in [7, 11) is 0. The molecule has 38 heavy (non-hydrogen) atoms. The predicted octanol–water partition coefficient (Wildman–Crippen LogP) is 1.77. The van der Waals surface area contributed by atoms with Gasteiger partial charge in [-0.2, -0.15) is 0 Å². The van der Waals surface area contributed by atoms with Crippen molar-refractivity contribution in [3.63, 3.8) is 0 Å². The molecule has 0 unspecified atom stereocenters. The van der Waals surface area contributed by atoms with Crippen LogP contribution in [-0.2, 0) is 14.4 Å². The molecule has 5 N–H and O–H groups in total. The van der Waals surface area contributed by atoms with Gasteiger partial charge >= 0.3 is 0 Å². The molecule has 2 aromatic carbocycles. The van der Waals surface area contributed by atoms with Gasteiger partial charge in [0.1, 0.15) is 35.5 Å². The molecule has 0 fully saturated rings. The van der Waals surface area contributed by atoms with E-state index < -0.39 is 23.0 Å². The average molecular weight is 526 g/mol. The molecule has 3 aromatic rings. The van der Waals surface area contributed by atoms with Gasteiger partial charge in [0.2, 0.25) is 23.0 Å². The maximum atomic E-state index is 13.5. The number of hydrogen-bond donors (Lipinski definition) is 5. The molecular formula is C27H31N3O8. The van der Waals surface area contributed by atoms with E-state index in [1.165, 1.54) is 6.07 Å². The summed E-state index contributed by atoms with van der Waals surface area (Å²) in [5, 5.41) is 27.6. The zero-order valence-corrected chi connectivity index (χ0v) is 21.9. The van der Waals surface area contributed by atoms with Gasteiger partial charge in [-0.1, -0.05) is 0 Å². The third-order valence-electron chi connectivity index (χ3n) is 6.58. The monoisotopic (exact) mass is 525 g/mol. The van der Waals surface area contributed by atoms with Gasteiger partial charge < -0.3 is 34.8 Å². The molecule has 0 saturated heterocycles. The number of hydrogen-bond acceptors (Lipinski definition) is 9. The summed E-state index contributed by atoms with van der Waals surface area (Å²) in [5.41, 5.74) is 4.89. The Morgan fingerprint density at radius 2 is 1.53 bits per heavy atom. The molecule has 0 aliphatic heterocycles. The number of aldehydes is 1. The lowest BCUT2D eigenvalue weighted by atomic mass is 9.88. The first-order chi connectivity index (χ1) is 18.0. The van der Waals surface area contributed by atoms with Gasteiger partial charge in [0.15, 0.2) is 5.76 Å². The summed E-state index contributed by atoms with van der Waals surface area (Å²) in [6, 6.07) is 2.28. The Hall–Kier alpha value is -4.38. The summed E-state index contributed by atoms with van der Waals surface area (Å²) in [6.07, 6.45) is 0.529. The highest BCUT2D eigenvalue weighted by Crippen LogP contribution is 2.40. The van der Waals surface area contributed by atoms with E-state index in [4.69, 9.17) is 9.15 Å². The van der Waals surface area contributed by atoms with E-state index >= 15 is 0 Å². The quantitative estimate of drug-likeness (QED) is 0.151. The second-order valence-electron chi connectivity index (χ2n) is 8.89. The minimum Gasteiger partial charge on any atom is -0.508 e. The van der Waals surface area contributed by atoms with Crippen LogP contribution >= 0.6 is 0 Å². The van der Waals surface area contributed by atoms with Crippen molar-refractivity contribution in [1.82, 2.24) is 16.0 Å². The topological polar surface area (TPSA) is 167 Å². The van der Waals surface area contributed by atoms with E-state index in [0.29, 0.717) is 11.8 Å². The van der Waals surface area contributed by atoms with Crippen LogP contribution in [0.25, 0.3) is 22.3 Å². The maximum Gasteiger partial charge on any atom is 0.239 e. The average Bonchev–Trinajstić information content (AvgIpc) is 2.87. The van der Waals surface area contributed by atoms with Gasteiger partial charge in [-0.05, 0) is 62.4 Å². The van der Waals surface area contributed by atoms with Crippen LogP contribution in [0.4, 0.5) is 0 Å². The summed E-state index contributed by atoms with van der Waals surface area (Å²) >= 11 is 0. The molecule has 2 amide bonds. The summed E-state index contributed by atoms with van der Waals surface area (Å²) in [6.45, 7) is 8.83. The molecular weight excluding hydrogens is 494 g/mol. The van der Waals surface area contributed by atoms with Crippen molar-refractivity contribution in [2.45, 2.75) is 34.6 Å². The Morgan fingerprint density at radius 3 is 2.16 bits per heavy atom. The van der Waals surface area contributed by atoms with E-state index in [9.17, 15) is 29.4 Å². The first-order valence-corrected chi connectivity index (χ1v) is 11.9. The van der Waals surface area contributed by atoms with E-state index in [2.05, 4.69) is 16.0 Å². The van der Waals surface area contributed by atoms with Crippen molar-refractivity contribution in [3.8, 4) is 28.6 Å². The number of carbonyl (C=O) groups excluding carboxylic acids is 3. The highest BCUT2D eigenvalue weighted by Gasteiger charge is 2.25. The van der Waals surface area contributed by atoms with Crippen molar-refractivity contribution in [1.29, 1.82) is 0 Å². The number of phenols is 2. The molecule has 202 valence electrons. The first-order valence-electron chi connectivity index (χ1n) is 11.9. The molecule has 1 aromatic heterocycles. The van der Waals surface area contributed by atoms with Crippen molar-refractivity contribution in [3.05, 3.63) is 50.2 Å². The van der Waals surface area contributed by atoms with Gasteiger partial charge in [0, 0.05) is 17.7 Å². The molecule has 0 bridgehead atoms. The Kier molecular flexibility index (Phi) is 8.74. The molecule has 0 aliphatic rings. The number of rotatable bonds is 10. The van der Waals surface area contributed by atoms with Gasteiger partial charge in [-0.3, -0.25) is 19.7 Å². The van der Waals surface area contributed by atoms with Crippen molar-refractivity contribution in [2.24, 2.45) is 0 Å². The van der Waals surface area contributed by atoms with E-state index in [1.54, 1.807) is 0 Å². The molecule has 0 radical (unpaired) electrons. The number of benzene rings is 2. The summed E-state index contributed by atoms with van der Waals surface area (Å²) in [5.74, 6) is -1.80. The van der Waals surface area contributed by atoms with Crippen LogP contribution in [0.3, 0.4) is 0 Å². The number of ether oxygens (including phenoxy) is 1. The van der Waals surface area contributed by atoms with Gasteiger partial charge in [-0.25, -0.2) is 0 Å². The number of fused-ring (bicyclic) bond motifs is 1. The number of nitrogens with one attached hydrogen (secondary N) is 3. The minimum atomic E-state index is -0.647. The number of aromatic hydroxyl groups is 2. The second-order valence-corrected chi connectivity index (χ2v) is 8.89. The Labute approximate surface area is 218 Å². The summed E-state index contributed by atoms with van der Waals surface area (Å²) < 4.78 is 11.9. The molecule has 1 heterocycles. The lowest BCUT2D eigenvalue weighted by Crippen LogP contribution is -2.41. The molecule has 0 saturated carbocycles. The standard InChI is InChI=1S/C27H31N3O8/c1-13-14(2)16(4)23(17(5)15(13)3)26-27(25(36)24-19(33)8-18(32)9-20(24)38-26)37-12-28-10-21(34)30-11-22(35)29-6-7-31/h7-9,28,32-33H,6,10-12H2,1-5H3,(H,29,35)(H,30,34). The Morgan fingerprint density at radius 1 is 0.921 bits per heavy atom. The van der Waals surface area contributed by atoms with E-state index in [0.717, 1.165) is 33.9 Å². The van der Waals surface area contributed by atoms with E-state index in [1.807, 2.05) is 34.6 Å². The van der Waals surface area contributed by atoms with Gasteiger partial charge in [-0.15, -0.1) is 0 Å². The van der Waals surface area contributed by atoms with Crippen LogP contribution in [0, 0.1) is 34.6 Å². The molecule has 0 aliphatic carbocycles. The third kappa shape index (κ3) is 5.78. The van der Waals surface area contributed by atoms with Crippen LogP contribution in [0.15, 0.2) is 21.3 Å². The van der Waals surface area contributed by atoms with Crippen LogP contribution < -0.4 is 26.1 Å². The van der Waals surface area contributed by atoms with Crippen LogP contribution in [0.5, 0.6) is 17.2 Å². The second kappa shape index (κ2) is 11.8. The largest absolute Gasteiger partial charge is 0.508 e. The van der Waals surface area contributed by atoms with Crippen molar-refractivity contribution in [2.75, 3.05) is 26.4 Å². The molecule has 11 heteroatoms. The highest BCUT2D eigenvalue weighted by molar-refractivity contribution is 5.89. The normalized spacial score (nSPS) is 10.9. The van der Waals surface area contributed by atoms with Crippen molar-refractivity contribution < 1.29 is 33.8 Å². The Bertz CT molecular complexity index is 1450. The Balaban J connectivity index is 1.94. The predicted molar refractivity (Wildman–Crippen MR) is 141 cm³/mol. The number of phenolic OH excluding ortho intramolecular Hbond substituents is 2. The lowest BCUT2D eigenvalue weighted by Gasteiger charge is -2.20. The fourth-order valence-electron chi connectivity index (χ4n) is 4.15. The summed E-state index contributed by atoms with van der Waals surface area (Å²) in [4.78, 5) is 47.3. The fraction of sp³-hybridized carbons (Fsp3) is 0.333. The van der Waals surface area contributed by atoms with Gasteiger partial charge in [0.25, 0.3) is 0 Å². The zero-order chi connectivity index (χ0) is 28.1. The third-order valence-corrected chi connectivity index (χ3v) is 6.58. The number of carbonyl (C=O) groups is 3. The molecule has 11 nitrogen and oxygen atoms in total. The molecule has 0 atom stereocenters. The highest BCUT2D eigenvalue weighted by atomic mass is 16.5. The van der Waals surface area contributed by atoms with Gasteiger partial charge in [0.05, 0.1) is 19.6 Å². The minimum absolute atomic E-state index is 0.00951. The fourth-order valence-corrected chi connectivity index (χ4v) is 4.15. The molecule has 3 rings (SSSR count). The smallest absolute Gasteiger partial charge is 0.239 e. The van der Waals surface area contributed by atoms with Crippen LogP contribution in [0.1, 0.15) is 27.8 Å².